The number of furan rings is 1. The number of urea groups is 1. The molecule has 4 rings (SSSR count). The third-order valence-electron chi connectivity index (χ3n) is 4.30. The van der Waals surface area contributed by atoms with Crippen LogP contribution in [-0.4, -0.2) is 27.8 Å². The van der Waals surface area contributed by atoms with Gasteiger partial charge in [-0.25, -0.2) is 9.69 Å². The van der Waals surface area contributed by atoms with Crippen molar-refractivity contribution in [3.8, 4) is 11.3 Å². The SMILES string of the molecule is O=C1NC(=O)N(c2ccncc2)C(=O)/C1=C\c1ccc(-c2ccccc2[N+](=O)[O-])o1. The molecule has 0 saturated carbocycles. The van der Waals surface area contributed by atoms with Crippen molar-refractivity contribution in [2.45, 2.75) is 0 Å². The molecule has 1 N–H and O–H groups in total. The molecule has 1 aliphatic heterocycles. The number of aromatic nitrogens is 1. The average molecular weight is 404 g/mol. The molecule has 1 saturated heterocycles. The van der Waals surface area contributed by atoms with Gasteiger partial charge in [-0.05, 0) is 36.4 Å². The predicted molar refractivity (Wildman–Crippen MR) is 104 cm³/mol. The van der Waals surface area contributed by atoms with Crippen LogP contribution >= 0.6 is 0 Å². The first kappa shape index (κ1) is 18.7. The Balaban J connectivity index is 1.70. The molecule has 10 nitrogen and oxygen atoms in total. The summed E-state index contributed by atoms with van der Waals surface area (Å²) < 4.78 is 5.60. The third-order valence-corrected chi connectivity index (χ3v) is 4.30. The fraction of sp³-hybridized carbons (Fsp3) is 0. The highest BCUT2D eigenvalue weighted by Gasteiger charge is 2.37. The zero-order valence-corrected chi connectivity index (χ0v) is 15.1. The van der Waals surface area contributed by atoms with Crippen LogP contribution in [-0.2, 0) is 9.59 Å². The van der Waals surface area contributed by atoms with Gasteiger partial charge in [0.1, 0.15) is 17.1 Å². The Bertz CT molecular complexity index is 1210. The van der Waals surface area contributed by atoms with E-state index in [2.05, 4.69) is 10.3 Å². The normalized spacial score (nSPS) is 15.4. The van der Waals surface area contributed by atoms with E-state index in [1.165, 1.54) is 60.9 Å². The van der Waals surface area contributed by atoms with Crippen LogP contribution in [0.5, 0.6) is 0 Å². The van der Waals surface area contributed by atoms with Gasteiger partial charge >= 0.3 is 6.03 Å². The number of nitro benzene ring substituents is 1. The summed E-state index contributed by atoms with van der Waals surface area (Å²) in [5, 5.41) is 13.3. The molecule has 0 aliphatic carbocycles. The quantitative estimate of drug-likeness (QED) is 0.306. The van der Waals surface area contributed by atoms with Crippen LogP contribution in [0.25, 0.3) is 17.4 Å². The molecule has 148 valence electrons. The standard InChI is InChI=1S/C20H12N4O6/c25-18-15(19(26)23(20(27)22-18)12-7-9-21-10-8-12)11-13-5-6-17(30-13)14-3-1-2-4-16(14)24(28)29/h1-11H,(H,22,25,27)/b15-11-. The molecule has 1 aliphatic rings. The summed E-state index contributed by atoms with van der Waals surface area (Å²) in [5.74, 6) is -1.40. The van der Waals surface area contributed by atoms with Crippen molar-refractivity contribution >= 4 is 35.3 Å². The van der Waals surface area contributed by atoms with Crippen LogP contribution in [0.1, 0.15) is 5.76 Å². The predicted octanol–water partition coefficient (Wildman–Crippen LogP) is 2.92. The van der Waals surface area contributed by atoms with Gasteiger partial charge in [-0.1, -0.05) is 12.1 Å². The van der Waals surface area contributed by atoms with E-state index in [1.807, 2.05) is 0 Å². The van der Waals surface area contributed by atoms with E-state index in [-0.39, 0.29) is 34.0 Å². The van der Waals surface area contributed by atoms with Crippen molar-refractivity contribution in [2.75, 3.05) is 4.90 Å². The summed E-state index contributed by atoms with van der Waals surface area (Å²) in [7, 11) is 0. The van der Waals surface area contributed by atoms with Crippen molar-refractivity contribution in [2.24, 2.45) is 0 Å². The minimum atomic E-state index is -0.881. The molecule has 0 atom stereocenters. The minimum Gasteiger partial charge on any atom is -0.456 e. The van der Waals surface area contributed by atoms with E-state index in [1.54, 1.807) is 6.07 Å². The Labute approximate surface area is 168 Å². The van der Waals surface area contributed by atoms with Gasteiger partial charge in [0.05, 0.1) is 16.2 Å². The second-order valence-corrected chi connectivity index (χ2v) is 6.14. The van der Waals surface area contributed by atoms with Gasteiger partial charge in [0.15, 0.2) is 0 Å². The zero-order chi connectivity index (χ0) is 21.3. The Morgan fingerprint density at radius 3 is 2.50 bits per heavy atom. The second kappa shape index (κ2) is 7.43. The summed E-state index contributed by atoms with van der Waals surface area (Å²) >= 11 is 0. The topological polar surface area (TPSA) is 136 Å². The summed E-state index contributed by atoms with van der Waals surface area (Å²) in [6.07, 6.45) is 3.99. The molecule has 1 aromatic carbocycles. The van der Waals surface area contributed by atoms with Gasteiger partial charge < -0.3 is 4.42 Å². The first-order valence-electron chi connectivity index (χ1n) is 8.61. The van der Waals surface area contributed by atoms with E-state index in [4.69, 9.17) is 4.42 Å². The fourth-order valence-corrected chi connectivity index (χ4v) is 2.94. The summed E-state index contributed by atoms with van der Waals surface area (Å²) in [6, 6.07) is 11.0. The monoisotopic (exact) mass is 404 g/mol. The highest BCUT2D eigenvalue weighted by molar-refractivity contribution is 6.39. The molecule has 3 heterocycles. The maximum atomic E-state index is 12.8. The Kier molecular flexibility index (Phi) is 4.64. The van der Waals surface area contributed by atoms with E-state index >= 15 is 0 Å². The summed E-state index contributed by atoms with van der Waals surface area (Å²) in [6.45, 7) is 0. The van der Waals surface area contributed by atoms with E-state index in [9.17, 15) is 24.5 Å². The van der Waals surface area contributed by atoms with Gasteiger partial charge in [0.2, 0.25) is 0 Å². The van der Waals surface area contributed by atoms with Crippen molar-refractivity contribution in [3.05, 3.63) is 82.4 Å². The Hall–Kier alpha value is -4.60. The van der Waals surface area contributed by atoms with Gasteiger partial charge in [-0.2, -0.15) is 0 Å². The molecule has 30 heavy (non-hydrogen) atoms. The van der Waals surface area contributed by atoms with Gasteiger partial charge in [0.25, 0.3) is 17.5 Å². The first-order chi connectivity index (χ1) is 14.5. The highest BCUT2D eigenvalue weighted by atomic mass is 16.6. The fourth-order valence-electron chi connectivity index (χ4n) is 2.94. The molecule has 10 heteroatoms. The molecule has 0 spiro atoms. The van der Waals surface area contributed by atoms with Crippen molar-refractivity contribution in [1.82, 2.24) is 10.3 Å². The number of imide groups is 2. The minimum absolute atomic E-state index is 0.116. The molecule has 4 amide bonds. The molecule has 2 aromatic heterocycles. The van der Waals surface area contributed by atoms with Crippen molar-refractivity contribution < 1.29 is 23.7 Å². The molecule has 0 radical (unpaired) electrons. The maximum absolute atomic E-state index is 12.8. The number of pyridine rings is 1. The number of nitro groups is 1. The van der Waals surface area contributed by atoms with Crippen LogP contribution in [0, 0.1) is 10.1 Å². The number of hydrogen-bond acceptors (Lipinski definition) is 7. The number of carbonyl (C=O) groups excluding carboxylic acids is 3. The van der Waals surface area contributed by atoms with E-state index < -0.39 is 22.8 Å². The second-order valence-electron chi connectivity index (χ2n) is 6.14. The van der Waals surface area contributed by atoms with E-state index in [0.717, 1.165) is 4.90 Å². The van der Waals surface area contributed by atoms with Crippen LogP contribution < -0.4 is 10.2 Å². The number of nitrogens with one attached hydrogen (secondary N) is 1. The molecule has 1 fully saturated rings. The lowest BCUT2D eigenvalue weighted by Crippen LogP contribution is -2.54. The number of para-hydroxylation sites is 1. The number of anilines is 1. The van der Waals surface area contributed by atoms with Crippen LogP contribution in [0.4, 0.5) is 16.2 Å². The molecular weight excluding hydrogens is 392 g/mol. The number of rotatable bonds is 4. The molecule has 0 unspecified atom stereocenters. The summed E-state index contributed by atoms with van der Waals surface area (Å²) in [5.41, 5.74) is 0.0213. The molecule has 3 aromatic rings. The number of barbiturate groups is 1. The van der Waals surface area contributed by atoms with Crippen LogP contribution in [0.15, 0.2) is 70.9 Å². The van der Waals surface area contributed by atoms with Gasteiger partial charge in [0, 0.05) is 18.5 Å². The highest BCUT2D eigenvalue weighted by Crippen LogP contribution is 2.31. The number of amides is 4. The Morgan fingerprint density at radius 1 is 1.03 bits per heavy atom. The van der Waals surface area contributed by atoms with Crippen LogP contribution in [0.2, 0.25) is 0 Å². The number of nitrogens with zero attached hydrogens (tertiary/aromatic N) is 3. The first-order valence-corrected chi connectivity index (χ1v) is 8.61. The van der Waals surface area contributed by atoms with Gasteiger partial charge in [-0.3, -0.25) is 30.0 Å². The molecular formula is C20H12N4O6. The third kappa shape index (κ3) is 3.33. The lowest BCUT2D eigenvalue weighted by atomic mass is 10.1. The average Bonchev–Trinajstić information content (AvgIpc) is 3.20. The number of benzene rings is 1. The van der Waals surface area contributed by atoms with Gasteiger partial charge in [-0.15, -0.1) is 0 Å². The van der Waals surface area contributed by atoms with Crippen molar-refractivity contribution in [3.63, 3.8) is 0 Å². The zero-order valence-electron chi connectivity index (χ0n) is 15.1. The Morgan fingerprint density at radius 2 is 1.77 bits per heavy atom. The lowest BCUT2D eigenvalue weighted by Gasteiger charge is -2.25. The smallest absolute Gasteiger partial charge is 0.335 e. The largest absolute Gasteiger partial charge is 0.456 e. The van der Waals surface area contributed by atoms with Crippen molar-refractivity contribution in [1.29, 1.82) is 0 Å². The molecule has 0 bridgehead atoms. The maximum Gasteiger partial charge on any atom is 0.335 e. The summed E-state index contributed by atoms with van der Waals surface area (Å²) in [4.78, 5) is 52.5. The van der Waals surface area contributed by atoms with E-state index in [0.29, 0.717) is 0 Å². The van der Waals surface area contributed by atoms with Crippen LogP contribution in [0.3, 0.4) is 0 Å². The number of hydrogen-bond donors (Lipinski definition) is 1. The number of carbonyl (C=O) groups is 3. The lowest BCUT2D eigenvalue weighted by molar-refractivity contribution is -0.384.